The molecule has 172 valence electrons. The first-order chi connectivity index (χ1) is 16.0. The van der Waals surface area contributed by atoms with E-state index in [-0.39, 0.29) is 24.3 Å². The van der Waals surface area contributed by atoms with Crippen LogP contribution in [0.3, 0.4) is 0 Å². The number of carbonyl (C=O) groups is 2. The monoisotopic (exact) mass is 446 g/mol. The molecule has 1 aliphatic rings. The second-order valence-electron chi connectivity index (χ2n) is 8.56. The Morgan fingerprint density at radius 2 is 1.94 bits per heavy atom. The van der Waals surface area contributed by atoms with Crippen LogP contribution < -0.4 is 0 Å². The summed E-state index contributed by atoms with van der Waals surface area (Å²) in [5, 5.41) is 7.95. The van der Waals surface area contributed by atoms with E-state index in [0.29, 0.717) is 32.6 Å². The van der Waals surface area contributed by atoms with Crippen molar-refractivity contribution in [2.45, 2.75) is 33.2 Å². The molecule has 0 aliphatic carbocycles. The summed E-state index contributed by atoms with van der Waals surface area (Å²) in [6.07, 6.45) is 6.84. The molecular formula is C25H30N6O2. The average Bonchev–Trinajstić information content (AvgIpc) is 3.17. The molecule has 3 heterocycles. The quantitative estimate of drug-likeness (QED) is 0.557. The predicted molar refractivity (Wildman–Crippen MR) is 125 cm³/mol. The molecule has 1 saturated heterocycles. The lowest BCUT2D eigenvalue weighted by Crippen LogP contribution is -2.39. The highest BCUT2D eigenvalue weighted by Crippen LogP contribution is 2.22. The molecule has 3 aromatic rings. The molecule has 0 unspecified atom stereocenters. The second-order valence-corrected chi connectivity index (χ2v) is 8.56. The van der Waals surface area contributed by atoms with Gasteiger partial charge in [-0.2, -0.15) is 0 Å². The van der Waals surface area contributed by atoms with Crippen LogP contribution >= 0.6 is 0 Å². The SMILES string of the molecule is CCCN1CCN(C(=O)Cn2cc(C)nn2)C[C@H](Cc2ccc(-c3cccnc3)cc2)C1=O. The molecule has 4 rings (SSSR count). The zero-order valence-electron chi connectivity index (χ0n) is 19.2. The molecule has 1 atom stereocenters. The van der Waals surface area contributed by atoms with E-state index in [1.54, 1.807) is 22.0 Å². The number of hydrogen-bond acceptors (Lipinski definition) is 5. The molecule has 2 aromatic heterocycles. The maximum atomic E-state index is 13.3. The van der Waals surface area contributed by atoms with E-state index in [0.717, 1.165) is 28.8 Å². The van der Waals surface area contributed by atoms with Crippen molar-refractivity contribution in [1.29, 1.82) is 0 Å². The minimum Gasteiger partial charge on any atom is -0.341 e. The van der Waals surface area contributed by atoms with Crippen LogP contribution in [0.5, 0.6) is 0 Å². The van der Waals surface area contributed by atoms with Gasteiger partial charge in [-0.05, 0) is 42.5 Å². The van der Waals surface area contributed by atoms with Crippen LogP contribution in [0.1, 0.15) is 24.6 Å². The molecule has 0 spiro atoms. The zero-order valence-corrected chi connectivity index (χ0v) is 19.2. The Bertz CT molecular complexity index is 1080. The lowest BCUT2D eigenvalue weighted by Gasteiger charge is -2.24. The maximum absolute atomic E-state index is 13.3. The van der Waals surface area contributed by atoms with Gasteiger partial charge in [-0.25, -0.2) is 4.68 Å². The molecule has 33 heavy (non-hydrogen) atoms. The van der Waals surface area contributed by atoms with Crippen LogP contribution in [0, 0.1) is 12.8 Å². The first-order valence-corrected chi connectivity index (χ1v) is 11.5. The molecule has 0 saturated carbocycles. The third-order valence-corrected chi connectivity index (χ3v) is 5.97. The van der Waals surface area contributed by atoms with E-state index in [4.69, 9.17) is 0 Å². The first-order valence-electron chi connectivity index (χ1n) is 11.5. The van der Waals surface area contributed by atoms with Gasteiger partial charge >= 0.3 is 0 Å². The van der Waals surface area contributed by atoms with E-state index in [9.17, 15) is 9.59 Å². The summed E-state index contributed by atoms with van der Waals surface area (Å²) in [6.45, 7) is 6.27. The lowest BCUT2D eigenvalue weighted by molar-refractivity contribution is -0.135. The molecule has 2 amide bonds. The third-order valence-electron chi connectivity index (χ3n) is 5.97. The standard InChI is InChI=1S/C25H30N6O2/c1-3-11-29-12-13-30(24(32)18-31-16-19(2)27-28-31)17-23(25(29)33)14-20-6-8-21(9-7-20)22-5-4-10-26-15-22/h4-10,15-16,23H,3,11-14,17-18H2,1-2H3/t23-/m0/s1. The third kappa shape index (κ3) is 5.63. The van der Waals surface area contributed by atoms with Crippen molar-refractivity contribution in [1.82, 2.24) is 29.8 Å². The molecular weight excluding hydrogens is 416 g/mol. The van der Waals surface area contributed by atoms with Crippen molar-refractivity contribution in [2.75, 3.05) is 26.2 Å². The van der Waals surface area contributed by atoms with E-state index >= 15 is 0 Å². The first kappa shape index (κ1) is 22.6. The number of carbonyl (C=O) groups excluding carboxylic acids is 2. The molecule has 0 radical (unpaired) electrons. The smallest absolute Gasteiger partial charge is 0.244 e. The Hall–Kier alpha value is -3.55. The zero-order chi connectivity index (χ0) is 23.2. The molecule has 1 aliphatic heterocycles. The van der Waals surface area contributed by atoms with E-state index < -0.39 is 0 Å². The number of aromatic nitrogens is 4. The van der Waals surface area contributed by atoms with Crippen LogP contribution in [0.4, 0.5) is 0 Å². The Balaban J connectivity index is 1.49. The van der Waals surface area contributed by atoms with Gasteiger partial charge < -0.3 is 9.80 Å². The summed E-state index contributed by atoms with van der Waals surface area (Å²) in [4.78, 5) is 34.2. The van der Waals surface area contributed by atoms with E-state index in [1.165, 1.54) is 0 Å². The van der Waals surface area contributed by atoms with Crippen molar-refractivity contribution in [3.05, 3.63) is 66.2 Å². The van der Waals surface area contributed by atoms with Crippen molar-refractivity contribution < 1.29 is 9.59 Å². The Kier molecular flexibility index (Phi) is 7.12. The fraction of sp³-hybridized carbons (Fsp3) is 0.400. The topological polar surface area (TPSA) is 84.2 Å². The molecule has 8 nitrogen and oxygen atoms in total. The van der Waals surface area contributed by atoms with Crippen LogP contribution in [0.25, 0.3) is 11.1 Å². The molecule has 1 aromatic carbocycles. The van der Waals surface area contributed by atoms with Crippen molar-refractivity contribution in [3.63, 3.8) is 0 Å². The molecule has 1 fully saturated rings. The van der Waals surface area contributed by atoms with Gasteiger partial charge in [-0.15, -0.1) is 5.10 Å². The van der Waals surface area contributed by atoms with Gasteiger partial charge in [-0.1, -0.05) is 42.5 Å². The average molecular weight is 447 g/mol. The lowest BCUT2D eigenvalue weighted by atomic mass is 9.96. The number of aryl methyl sites for hydroxylation is 1. The van der Waals surface area contributed by atoms with E-state index in [1.807, 2.05) is 30.2 Å². The van der Waals surface area contributed by atoms with E-state index in [2.05, 4.69) is 46.5 Å². The van der Waals surface area contributed by atoms with Crippen LogP contribution in [-0.4, -0.2) is 67.8 Å². The van der Waals surface area contributed by atoms with Gasteiger partial charge in [0.25, 0.3) is 0 Å². The Labute approximate surface area is 194 Å². The van der Waals surface area contributed by atoms with Crippen molar-refractivity contribution in [3.8, 4) is 11.1 Å². The summed E-state index contributed by atoms with van der Waals surface area (Å²) in [5.74, 6) is -0.187. The minimum atomic E-state index is -0.273. The summed E-state index contributed by atoms with van der Waals surface area (Å²) in [6, 6.07) is 12.2. The van der Waals surface area contributed by atoms with Gasteiger partial charge in [0.2, 0.25) is 11.8 Å². The Morgan fingerprint density at radius 1 is 1.12 bits per heavy atom. The van der Waals surface area contributed by atoms with Gasteiger partial charge in [-0.3, -0.25) is 14.6 Å². The Morgan fingerprint density at radius 3 is 2.61 bits per heavy atom. The highest BCUT2D eigenvalue weighted by atomic mass is 16.2. The minimum absolute atomic E-state index is 0.0389. The summed E-state index contributed by atoms with van der Waals surface area (Å²) < 4.78 is 1.56. The highest BCUT2D eigenvalue weighted by molar-refractivity contribution is 5.82. The van der Waals surface area contributed by atoms with Gasteiger partial charge in [0.15, 0.2) is 0 Å². The van der Waals surface area contributed by atoms with Gasteiger partial charge in [0, 0.05) is 44.8 Å². The summed E-state index contributed by atoms with van der Waals surface area (Å²) in [7, 11) is 0. The number of pyridine rings is 1. The molecule has 0 bridgehead atoms. The molecule has 8 heteroatoms. The second kappa shape index (κ2) is 10.4. The predicted octanol–water partition coefficient (Wildman–Crippen LogP) is 2.59. The number of benzene rings is 1. The fourth-order valence-electron chi connectivity index (χ4n) is 4.28. The number of amides is 2. The van der Waals surface area contributed by atoms with Crippen LogP contribution in [-0.2, 0) is 22.6 Å². The fourth-order valence-corrected chi connectivity index (χ4v) is 4.28. The van der Waals surface area contributed by atoms with Crippen LogP contribution in [0.15, 0.2) is 55.0 Å². The maximum Gasteiger partial charge on any atom is 0.244 e. The van der Waals surface area contributed by atoms with Gasteiger partial charge in [0.05, 0.1) is 11.6 Å². The number of rotatable bonds is 7. The summed E-state index contributed by atoms with van der Waals surface area (Å²) >= 11 is 0. The largest absolute Gasteiger partial charge is 0.341 e. The molecule has 0 N–H and O–H groups in total. The van der Waals surface area contributed by atoms with Crippen molar-refractivity contribution in [2.24, 2.45) is 5.92 Å². The number of hydrogen-bond donors (Lipinski definition) is 0. The highest BCUT2D eigenvalue weighted by Gasteiger charge is 2.32. The van der Waals surface area contributed by atoms with Crippen molar-refractivity contribution >= 4 is 11.8 Å². The number of nitrogens with zero attached hydrogens (tertiary/aromatic N) is 6. The van der Waals surface area contributed by atoms with Crippen LogP contribution in [0.2, 0.25) is 0 Å². The normalized spacial score (nSPS) is 16.7. The summed E-state index contributed by atoms with van der Waals surface area (Å²) in [5.41, 5.74) is 4.00. The van der Waals surface area contributed by atoms with Gasteiger partial charge in [0.1, 0.15) is 6.54 Å².